The minimum atomic E-state index is -3.57. The highest BCUT2D eigenvalue weighted by Gasteiger charge is 2.29. The summed E-state index contributed by atoms with van der Waals surface area (Å²) in [5.41, 5.74) is 1.11. The van der Waals surface area contributed by atoms with E-state index in [-0.39, 0.29) is 41.5 Å². The van der Waals surface area contributed by atoms with Crippen LogP contribution in [0.1, 0.15) is 31.9 Å². The van der Waals surface area contributed by atoms with Gasteiger partial charge in [0.15, 0.2) is 9.84 Å². The summed E-state index contributed by atoms with van der Waals surface area (Å²) in [7, 11) is -1.89. The van der Waals surface area contributed by atoms with Gasteiger partial charge in [0.25, 0.3) is 0 Å². The molecule has 0 saturated heterocycles. The molecule has 1 N–H and O–H groups in total. The third kappa shape index (κ3) is 9.03. The average molecular weight is 579 g/mol. The molecule has 0 unspecified atom stereocenters. The van der Waals surface area contributed by atoms with Crippen molar-refractivity contribution in [2.45, 2.75) is 37.8 Å². The summed E-state index contributed by atoms with van der Waals surface area (Å²) in [4.78, 5) is 32.6. The predicted octanol–water partition coefficient (Wildman–Crippen LogP) is 3.33. The van der Waals surface area contributed by atoms with Crippen molar-refractivity contribution in [3.8, 4) is 0 Å². The first-order valence-corrected chi connectivity index (χ1v) is 14.5. The van der Waals surface area contributed by atoms with Crippen LogP contribution >= 0.6 is 11.6 Å². The van der Waals surface area contributed by atoms with E-state index in [9.17, 15) is 18.0 Å². The Kier molecular flexibility index (Phi) is 10.5. The van der Waals surface area contributed by atoms with Gasteiger partial charge < -0.3 is 19.7 Å². The largest absolute Gasteiger partial charge is 0.443 e. The first-order chi connectivity index (χ1) is 18.4. The van der Waals surface area contributed by atoms with Crippen molar-refractivity contribution in [3.63, 3.8) is 0 Å². The van der Waals surface area contributed by atoms with E-state index in [1.807, 2.05) is 45.0 Å². The minimum absolute atomic E-state index is 0.0708. The van der Waals surface area contributed by atoms with Crippen LogP contribution in [-0.4, -0.2) is 87.4 Å². The molecule has 1 aliphatic rings. The molecular weight excluding hydrogens is 544 g/mol. The van der Waals surface area contributed by atoms with E-state index in [0.717, 1.165) is 11.1 Å². The van der Waals surface area contributed by atoms with Gasteiger partial charge in [0, 0.05) is 25.7 Å². The lowest BCUT2D eigenvalue weighted by Gasteiger charge is -2.25. The molecule has 12 heteroatoms. The second-order valence-corrected chi connectivity index (χ2v) is 12.4. The van der Waals surface area contributed by atoms with Crippen LogP contribution in [0.5, 0.6) is 0 Å². The average Bonchev–Trinajstić information content (AvgIpc) is 3.36. The Morgan fingerprint density at radius 3 is 2.49 bits per heavy atom. The van der Waals surface area contributed by atoms with Crippen molar-refractivity contribution in [3.05, 3.63) is 64.7 Å². The number of carbonyl (C=O) groups is 2. The number of nitrogens with zero attached hydrogens (tertiary/aromatic N) is 3. The maximum absolute atomic E-state index is 12.5. The topological polar surface area (TPSA) is 118 Å². The molecule has 0 fully saturated rings. The first kappa shape index (κ1) is 30.6. The summed E-state index contributed by atoms with van der Waals surface area (Å²) in [5.74, 6) is 0.0762. The Hall–Kier alpha value is -2.99. The molecule has 0 aliphatic carbocycles. The molecule has 2 aromatic carbocycles. The number of halogens is 1. The third-order valence-corrected chi connectivity index (χ3v) is 7.68. The van der Waals surface area contributed by atoms with E-state index in [1.165, 1.54) is 17.0 Å². The van der Waals surface area contributed by atoms with E-state index in [1.54, 1.807) is 24.1 Å². The first-order valence-electron chi connectivity index (χ1n) is 12.5. The highest BCUT2D eigenvalue weighted by atomic mass is 35.5. The molecule has 0 spiro atoms. The van der Waals surface area contributed by atoms with Crippen LogP contribution in [0.2, 0.25) is 5.02 Å². The lowest BCUT2D eigenvalue weighted by atomic mass is 10.1. The second-order valence-electron chi connectivity index (χ2n) is 10.0. The Morgan fingerprint density at radius 2 is 1.82 bits per heavy atom. The van der Waals surface area contributed by atoms with Gasteiger partial charge in [0.2, 0.25) is 5.91 Å². The summed E-state index contributed by atoms with van der Waals surface area (Å²) >= 11 is 5.97. The molecule has 0 bridgehead atoms. The number of rotatable bonds is 11. The zero-order valence-electron chi connectivity index (χ0n) is 22.6. The van der Waals surface area contributed by atoms with Gasteiger partial charge in [0.1, 0.15) is 23.9 Å². The van der Waals surface area contributed by atoms with Gasteiger partial charge >= 0.3 is 6.09 Å². The summed E-state index contributed by atoms with van der Waals surface area (Å²) in [6.07, 6.45) is -0.425. The number of aliphatic imine (C=N–C) groups is 1. The zero-order valence-corrected chi connectivity index (χ0v) is 24.2. The van der Waals surface area contributed by atoms with Crippen molar-refractivity contribution in [2.75, 3.05) is 45.8 Å². The lowest BCUT2D eigenvalue weighted by molar-refractivity contribution is -0.135. The summed E-state index contributed by atoms with van der Waals surface area (Å²) in [5, 5.41) is 2.98. The van der Waals surface area contributed by atoms with Crippen molar-refractivity contribution in [1.82, 2.24) is 15.1 Å². The molecule has 39 heavy (non-hydrogen) atoms. The highest BCUT2D eigenvalue weighted by molar-refractivity contribution is 7.91. The number of amidine groups is 1. The van der Waals surface area contributed by atoms with Crippen molar-refractivity contribution in [1.29, 1.82) is 0 Å². The number of sulfone groups is 1. The van der Waals surface area contributed by atoms with E-state index in [2.05, 4.69) is 10.3 Å². The SMILES string of the molecule is CN(Cc1ccc(C2=NCCN2C(=O)OC(C)(C)C)cc1)C(=O)COCCNCS(=O)(=O)c1ccccc1Cl. The van der Waals surface area contributed by atoms with Crippen LogP contribution in [0.4, 0.5) is 4.79 Å². The number of ether oxygens (including phenoxy) is 2. The minimum Gasteiger partial charge on any atom is -0.443 e. The van der Waals surface area contributed by atoms with Crippen molar-refractivity contribution in [2.24, 2.45) is 4.99 Å². The number of nitrogens with one attached hydrogen (secondary N) is 1. The van der Waals surface area contributed by atoms with Gasteiger partial charge in [-0.05, 0) is 38.5 Å². The van der Waals surface area contributed by atoms with Gasteiger partial charge in [-0.2, -0.15) is 0 Å². The molecule has 10 nitrogen and oxygen atoms in total. The standard InChI is InChI=1S/C27H35ClN4O6S/c1-27(2,3)38-26(34)32-15-13-30-25(32)21-11-9-20(10-12-21)17-31(4)24(33)18-37-16-14-29-19-39(35,36)23-8-6-5-7-22(23)28/h5-12,29H,13-19H2,1-4H3. The molecule has 1 aliphatic heterocycles. The number of hydrogen-bond acceptors (Lipinski definition) is 8. The van der Waals surface area contributed by atoms with Gasteiger partial charge in [0.05, 0.1) is 29.6 Å². The second kappa shape index (κ2) is 13.4. The molecule has 0 aromatic heterocycles. The Morgan fingerprint density at radius 1 is 1.13 bits per heavy atom. The van der Waals surface area contributed by atoms with Crippen LogP contribution in [0.3, 0.4) is 0 Å². The third-order valence-electron chi connectivity index (χ3n) is 5.62. The van der Waals surface area contributed by atoms with Gasteiger partial charge in [-0.1, -0.05) is 48.0 Å². The summed E-state index contributed by atoms with van der Waals surface area (Å²) in [6, 6.07) is 13.8. The molecule has 212 valence electrons. The van der Waals surface area contributed by atoms with Crippen molar-refractivity contribution >= 4 is 39.3 Å². The fourth-order valence-corrected chi connectivity index (χ4v) is 5.41. The van der Waals surface area contributed by atoms with Gasteiger partial charge in [-0.15, -0.1) is 0 Å². The molecule has 2 aromatic rings. The lowest BCUT2D eigenvalue weighted by Crippen LogP contribution is -2.39. The predicted molar refractivity (Wildman–Crippen MR) is 150 cm³/mol. The van der Waals surface area contributed by atoms with Gasteiger partial charge in [-0.3, -0.25) is 14.7 Å². The van der Waals surface area contributed by atoms with Gasteiger partial charge in [-0.25, -0.2) is 13.2 Å². The molecule has 3 rings (SSSR count). The van der Waals surface area contributed by atoms with E-state index in [0.29, 0.717) is 25.5 Å². The summed E-state index contributed by atoms with van der Waals surface area (Å²) < 4.78 is 35.6. The molecule has 0 radical (unpaired) electrons. The van der Waals surface area contributed by atoms with E-state index in [4.69, 9.17) is 21.1 Å². The quantitative estimate of drug-likeness (QED) is 0.406. The molecular formula is C27H35ClN4O6S. The number of amides is 2. The Bertz CT molecular complexity index is 1290. The maximum atomic E-state index is 12.5. The fraction of sp³-hybridized carbons (Fsp3) is 0.444. The number of carbonyl (C=O) groups excluding carboxylic acids is 2. The Balaban J connectivity index is 1.40. The summed E-state index contributed by atoms with van der Waals surface area (Å²) in [6.45, 7) is 7.12. The van der Waals surface area contributed by atoms with Crippen LogP contribution in [0.25, 0.3) is 0 Å². The van der Waals surface area contributed by atoms with Crippen LogP contribution in [0, 0.1) is 0 Å². The number of hydrogen-bond donors (Lipinski definition) is 1. The number of benzene rings is 2. The smallest absolute Gasteiger partial charge is 0.416 e. The molecule has 0 saturated carbocycles. The normalized spacial score (nSPS) is 13.8. The fourth-order valence-electron chi connectivity index (χ4n) is 3.71. The Labute approximate surface area is 234 Å². The zero-order chi connectivity index (χ0) is 28.6. The monoisotopic (exact) mass is 578 g/mol. The van der Waals surface area contributed by atoms with Crippen LogP contribution in [-0.2, 0) is 30.7 Å². The highest BCUT2D eigenvalue weighted by Crippen LogP contribution is 2.21. The van der Waals surface area contributed by atoms with Crippen molar-refractivity contribution < 1.29 is 27.5 Å². The van der Waals surface area contributed by atoms with Crippen LogP contribution in [0.15, 0.2) is 58.4 Å². The van der Waals surface area contributed by atoms with E-state index < -0.39 is 21.5 Å². The molecule has 2 amide bonds. The maximum Gasteiger partial charge on any atom is 0.416 e. The van der Waals surface area contributed by atoms with Crippen LogP contribution < -0.4 is 5.32 Å². The molecule has 1 heterocycles. The number of likely N-dealkylation sites (N-methyl/N-ethyl adjacent to an activating group) is 1. The molecule has 0 atom stereocenters. The van der Waals surface area contributed by atoms with E-state index >= 15 is 0 Å².